The average molecular weight is 441 g/mol. The van der Waals surface area contributed by atoms with Crippen LogP contribution in [0.1, 0.15) is 20.8 Å². The first-order valence-electron chi connectivity index (χ1n) is 9.46. The van der Waals surface area contributed by atoms with Gasteiger partial charge in [0.25, 0.3) is 0 Å². The molecule has 158 valence electrons. The zero-order valence-corrected chi connectivity index (χ0v) is 17.3. The van der Waals surface area contributed by atoms with Gasteiger partial charge in [0.05, 0.1) is 17.7 Å². The molecule has 31 heavy (non-hydrogen) atoms. The van der Waals surface area contributed by atoms with Crippen molar-refractivity contribution in [2.45, 2.75) is 12.7 Å². The predicted octanol–water partition coefficient (Wildman–Crippen LogP) is 6.92. The number of anilines is 1. The zero-order valence-electron chi connectivity index (χ0n) is 16.5. The third kappa shape index (κ3) is 4.41. The summed E-state index contributed by atoms with van der Waals surface area (Å²) in [5.74, 6) is -0.983. The topological polar surface area (TPSA) is 40.5 Å². The van der Waals surface area contributed by atoms with Gasteiger partial charge in [-0.2, -0.15) is 13.2 Å². The van der Waals surface area contributed by atoms with E-state index in [4.69, 9.17) is 0 Å². The van der Waals surface area contributed by atoms with Gasteiger partial charge in [-0.3, -0.25) is 0 Å². The first kappa shape index (κ1) is 20.9. The van der Waals surface area contributed by atoms with E-state index in [2.05, 4.69) is 0 Å². The summed E-state index contributed by atoms with van der Waals surface area (Å²) in [4.78, 5) is 14.1. The van der Waals surface area contributed by atoms with Gasteiger partial charge in [0.15, 0.2) is 0 Å². The second-order valence-electron chi connectivity index (χ2n) is 7.23. The molecule has 7 heteroatoms. The van der Waals surface area contributed by atoms with Crippen LogP contribution in [0.2, 0.25) is 0 Å². The molecule has 0 unspecified atom stereocenters. The molecule has 0 saturated carbocycles. The minimum absolute atomic E-state index is 0.218. The lowest BCUT2D eigenvalue weighted by Gasteiger charge is -2.19. The number of carboxylic acid groups (broad SMARTS) is 1. The lowest BCUT2D eigenvalue weighted by molar-refractivity contribution is -0.137. The van der Waals surface area contributed by atoms with Crippen molar-refractivity contribution >= 4 is 33.1 Å². The Hall–Kier alpha value is -3.32. The molecule has 1 aromatic heterocycles. The van der Waals surface area contributed by atoms with Crippen molar-refractivity contribution in [3.05, 3.63) is 88.8 Å². The Bertz CT molecular complexity index is 1260. The Labute approximate surface area is 181 Å². The van der Waals surface area contributed by atoms with E-state index in [1.54, 1.807) is 47.5 Å². The van der Waals surface area contributed by atoms with Crippen LogP contribution in [0, 0.1) is 0 Å². The molecule has 0 bridgehead atoms. The quantitative estimate of drug-likeness (QED) is 0.365. The number of carbonyl (C=O) groups is 1. The van der Waals surface area contributed by atoms with Crippen molar-refractivity contribution in [2.75, 3.05) is 11.9 Å². The number of alkyl halides is 3. The van der Waals surface area contributed by atoms with E-state index in [-0.39, 0.29) is 5.56 Å². The molecule has 0 aliphatic rings. The average Bonchev–Trinajstić information content (AvgIpc) is 3.15. The van der Waals surface area contributed by atoms with Crippen molar-refractivity contribution < 1.29 is 23.1 Å². The lowest BCUT2D eigenvalue weighted by Crippen LogP contribution is -2.16. The molecule has 0 radical (unpaired) electrons. The molecule has 4 aromatic rings. The van der Waals surface area contributed by atoms with Crippen LogP contribution in [0.15, 0.2) is 72.8 Å². The number of aromatic carboxylic acids is 1. The number of halogens is 3. The first-order valence-corrected chi connectivity index (χ1v) is 10.3. The van der Waals surface area contributed by atoms with Crippen LogP contribution in [-0.2, 0) is 12.7 Å². The highest BCUT2D eigenvalue weighted by Gasteiger charge is 2.30. The predicted molar refractivity (Wildman–Crippen MR) is 118 cm³/mol. The summed E-state index contributed by atoms with van der Waals surface area (Å²) in [5, 5.41) is 10.3. The number of rotatable bonds is 5. The fourth-order valence-corrected chi connectivity index (χ4v) is 4.73. The van der Waals surface area contributed by atoms with E-state index in [0.29, 0.717) is 12.2 Å². The molecular weight excluding hydrogens is 423 g/mol. The maximum Gasteiger partial charge on any atom is 0.416 e. The number of carboxylic acids is 1. The molecule has 0 aliphatic carbocycles. The van der Waals surface area contributed by atoms with Gasteiger partial charge in [-0.1, -0.05) is 36.4 Å². The number of nitrogens with zero attached hydrogens (tertiary/aromatic N) is 1. The summed E-state index contributed by atoms with van der Waals surface area (Å²) in [6.45, 7) is 0.454. The Morgan fingerprint density at radius 3 is 2.48 bits per heavy atom. The molecule has 1 heterocycles. The van der Waals surface area contributed by atoms with Crippen molar-refractivity contribution in [3.63, 3.8) is 0 Å². The summed E-state index contributed by atoms with van der Waals surface area (Å²) in [6, 6.07) is 19.9. The molecule has 0 fully saturated rings. The van der Waals surface area contributed by atoms with Crippen LogP contribution in [-0.4, -0.2) is 18.1 Å². The maximum atomic E-state index is 13.0. The fourth-order valence-electron chi connectivity index (χ4n) is 3.49. The summed E-state index contributed by atoms with van der Waals surface area (Å²) in [6.07, 6.45) is -4.38. The third-order valence-electron chi connectivity index (χ3n) is 5.02. The van der Waals surface area contributed by atoms with Crippen LogP contribution in [0.3, 0.4) is 0 Å². The van der Waals surface area contributed by atoms with Gasteiger partial charge < -0.3 is 10.0 Å². The summed E-state index contributed by atoms with van der Waals surface area (Å²) in [7, 11) is 1.76. The van der Waals surface area contributed by atoms with Crippen molar-refractivity contribution in [3.8, 4) is 11.1 Å². The molecule has 4 rings (SSSR count). The highest BCUT2D eigenvalue weighted by atomic mass is 32.1. The molecule has 0 atom stereocenters. The van der Waals surface area contributed by atoms with E-state index in [9.17, 15) is 23.1 Å². The minimum Gasteiger partial charge on any atom is -0.478 e. The number of hydrogen-bond donors (Lipinski definition) is 1. The SMILES string of the molecule is CN(Cc1cc2cccc(-c3cccc(C(=O)O)c3)c2s1)c1cccc(C(F)(F)F)c1. The molecule has 0 spiro atoms. The molecular formula is C24H18F3NO2S. The second kappa shape index (κ2) is 8.07. The van der Waals surface area contributed by atoms with Gasteiger partial charge in [-0.25, -0.2) is 4.79 Å². The standard InChI is InChI=1S/C24H18F3NO2S/c1-28(19-9-4-8-18(13-19)24(25,26)27)14-20-12-16-6-3-10-21(22(16)31-20)15-5-2-7-17(11-15)23(29)30/h2-13H,14H2,1H3,(H,29,30). The number of fused-ring (bicyclic) bond motifs is 1. The van der Waals surface area contributed by atoms with E-state index in [0.717, 1.165) is 38.2 Å². The van der Waals surface area contributed by atoms with Crippen molar-refractivity contribution in [2.24, 2.45) is 0 Å². The van der Waals surface area contributed by atoms with Gasteiger partial charge in [0, 0.05) is 22.3 Å². The van der Waals surface area contributed by atoms with Crippen molar-refractivity contribution in [1.82, 2.24) is 0 Å². The van der Waals surface area contributed by atoms with Crippen molar-refractivity contribution in [1.29, 1.82) is 0 Å². The van der Waals surface area contributed by atoms with Gasteiger partial charge >= 0.3 is 12.1 Å². The molecule has 3 nitrogen and oxygen atoms in total. The Morgan fingerprint density at radius 2 is 1.74 bits per heavy atom. The summed E-state index contributed by atoms with van der Waals surface area (Å²) < 4.78 is 40.1. The largest absolute Gasteiger partial charge is 0.478 e. The molecule has 0 aliphatic heterocycles. The number of thiophene rings is 1. The lowest BCUT2D eigenvalue weighted by atomic mass is 10.0. The first-order chi connectivity index (χ1) is 14.7. The van der Waals surface area contributed by atoms with E-state index >= 15 is 0 Å². The van der Waals surface area contributed by atoms with Crippen LogP contribution in [0.4, 0.5) is 18.9 Å². The Balaban J connectivity index is 1.66. The normalized spacial score (nSPS) is 11.6. The van der Waals surface area contributed by atoms with Crippen LogP contribution in [0.5, 0.6) is 0 Å². The Morgan fingerprint density at radius 1 is 1.00 bits per heavy atom. The highest BCUT2D eigenvalue weighted by Crippen LogP contribution is 2.37. The minimum atomic E-state index is -4.38. The molecule has 0 amide bonds. The molecule has 0 saturated heterocycles. The maximum absolute atomic E-state index is 13.0. The number of hydrogen-bond acceptors (Lipinski definition) is 3. The van der Waals surface area contributed by atoms with Crippen LogP contribution >= 0.6 is 11.3 Å². The molecule has 3 aromatic carbocycles. The van der Waals surface area contributed by atoms with Crippen LogP contribution < -0.4 is 4.90 Å². The van der Waals surface area contributed by atoms with E-state index in [1.165, 1.54) is 6.07 Å². The van der Waals surface area contributed by atoms with E-state index < -0.39 is 17.7 Å². The smallest absolute Gasteiger partial charge is 0.416 e. The highest BCUT2D eigenvalue weighted by molar-refractivity contribution is 7.19. The monoisotopic (exact) mass is 441 g/mol. The summed E-state index contributed by atoms with van der Waals surface area (Å²) in [5.41, 5.74) is 1.77. The Kier molecular flexibility index (Phi) is 5.45. The van der Waals surface area contributed by atoms with Gasteiger partial charge in [-0.05, 0) is 52.9 Å². The van der Waals surface area contributed by atoms with Gasteiger partial charge in [0.1, 0.15) is 0 Å². The number of benzene rings is 3. The van der Waals surface area contributed by atoms with Gasteiger partial charge in [0.2, 0.25) is 0 Å². The fraction of sp³-hybridized carbons (Fsp3) is 0.125. The van der Waals surface area contributed by atoms with E-state index in [1.807, 2.05) is 30.3 Å². The zero-order chi connectivity index (χ0) is 22.2. The third-order valence-corrected chi connectivity index (χ3v) is 6.19. The molecule has 1 N–H and O–H groups in total. The summed E-state index contributed by atoms with van der Waals surface area (Å²) >= 11 is 1.55. The second-order valence-corrected chi connectivity index (χ2v) is 8.36. The van der Waals surface area contributed by atoms with Crippen LogP contribution in [0.25, 0.3) is 21.2 Å². The van der Waals surface area contributed by atoms with Gasteiger partial charge in [-0.15, -0.1) is 11.3 Å².